The molecule has 1 amide bonds. The Bertz CT molecular complexity index is 436. The summed E-state index contributed by atoms with van der Waals surface area (Å²) < 4.78 is 0. The molecular formula is C14H23N3OS. The van der Waals surface area contributed by atoms with Gasteiger partial charge in [0.05, 0.1) is 4.88 Å². The van der Waals surface area contributed by atoms with Crippen molar-refractivity contribution in [2.45, 2.75) is 39.7 Å². The lowest BCUT2D eigenvalue weighted by molar-refractivity contribution is 0.0948. The van der Waals surface area contributed by atoms with Gasteiger partial charge in [-0.1, -0.05) is 20.3 Å². The normalized spacial score (nSPS) is 19.3. The molecule has 0 aliphatic carbocycles. The molecule has 1 aromatic heterocycles. The molecule has 1 aromatic rings. The topological polar surface area (TPSA) is 58.4 Å². The average molecular weight is 281 g/mol. The zero-order valence-corrected chi connectivity index (χ0v) is 12.6. The van der Waals surface area contributed by atoms with Gasteiger partial charge in [0.2, 0.25) is 0 Å². The molecule has 0 radical (unpaired) electrons. The summed E-state index contributed by atoms with van der Waals surface area (Å²) in [5, 5.41) is 1.96. The fourth-order valence-electron chi connectivity index (χ4n) is 2.57. The first kappa shape index (κ1) is 14.5. The van der Waals surface area contributed by atoms with E-state index < -0.39 is 0 Å². The number of nitrogens with zero attached hydrogens (tertiary/aromatic N) is 1. The Morgan fingerprint density at radius 3 is 2.79 bits per heavy atom. The highest BCUT2D eigenvalue weighted by molar-refractivity contribution is 7.12. The van der Waals surface area contributed by atoms with Crippen molar-refractivity contribution in [3.8, 4) is 0 Å². The van der Waals surface area contributed by atoms with Crippen molar-refractivity contribution in [1.29, 1.82) is 0 Å². The van der Waals surface area contributed by atoms with E-state index >= 15 is 0 Å². The Hall–Kier alpha value is -0.910. The van der Waals surface area contributed by atoms with Gasteiger partial charge in [0.1, 0.15) is 0 Å². The highest BCUT2D eigenvalue weighted by Gasteiger charge is 2.28. The van der Waals surface area contributed by atoms with Crippen LogP contribution in [0.25, 0.3) is 0 Å². The average Bonchev–Trinajstić information content (AvgIpc) is 2.89. The van der Waals surface area contributed by atoms with E-state index in [-0.39, 0.29) is 5.91 Å². The quantitative estimate of drug-likeness (QED) is 0.506. The van der Waals surface area contributed by atoms with Crippen LogP contribution in [-0.2, 0) is 6.54 Å². The monoisotopic (exact) mass is 281 g/mol. The van der Waals surface area contributed by atoms with Gasteiger partial charge in [-0.05, 0) is 48.4 Å². The van der Waals surface area contributed by atoms with Crippen molar-refractivity contribution in [2.24, 2.45) is 11.3 Å². The van der Waals surface area contributed by atoms with Crippen molar-refractivity contribution in [2.75, 3.05) is 13.1 Å². The number of nitrogens with two attached hydrogens (primary N) is 1. The van der Waals surface area contributed by atoms with Gasteiger partial charge >= 0.3 is 0 Å². The second-order valence-corrected chi connectivity index (χ2v) is 6.60. The third kappa shape index (κ3) is 3.35. The minimum absolute atomic E-state index is 0.180. The summed E-state index contributed by atoms with van der Waals surface area (Å²) in [6.07, 6.45) is 3.73. The first-order valence-electron chi connectivity index (χ1n) is 6.87. The molecule has 19 heavy (non-hydrogen) atoms. The van der Waals surface area contributed by atoms with Crippen molar-refractivity contribution in [3.05, 3.63) is 21.9 Å². The molecule has 0 saturated carbocycles. The molecular weight excluding hydrogens is 258 g/mol. The highest BCUT2D eigenvalue weighted by Crippen LogP contribution is 2.34. The minimum atomic E-state index is -0.180. The molecule has 0 spiro atoms. The largest absolute Gasteiger partial charge is 0.299 e. The summed E-state index contributed by atoms with van der Waals surface area (Å²) in [4.78, 5) is 14.8. The van der Waals surface area contributed by atoms with Crippen LogP contribution in [0.1, 0.15) is 48.3 Å². The predicted molar refractivity (Wildman–Crippen MR) is 78.9 cm³/mol. The SMILES string of the molecule is CCC1(C)CCN(Cc2ccsc2C(=O)NN)CC1. The Labute approximate surface area is 118 Å². The number of carbonyl (C=O) groups excluding carboxylic acids is 1. The van der Waals surface area contributed by atoms with Gasteiger partial charge in [-0.15, -0.1) is 11.3 Å². The number of rotatable bonds is 4. The second kappa shape index (κ2) is 6.03. The Kier molecular flexibility index (Phi) is 4.60. The number of nitrogens with one attached hydrogen (secondary N) is 1. The van der Waals surface area contributed by atoms with E-state index in [1.807, 2.05) is 11.4 Å². The molecule has 1 aliphatic heterocycles. The predicted octanol–water partition coefficient (Wildman–Crippen LogP) is 2.36. The number of hydrogen-bond acceptors (Lipinski definition) is 4. The van der Waals surface area contributed by atoms with Crippen LogP contribution >= 0.6 is 11.3 Å². The molecule has 4 nitrogen and oxygen atoms in total. The molecule has 1 fully saturated rings. The van der Waals surface area contributed by atoms with Crippen molar-refractivity contribution >= 4 is 17.2 Å². The first-order valence-corrected chi connectivity index (χ1v) is 7.75. The summed E-state index contributed by atoms with van der Waals surface area (Å²) in [5.74, 6) is 5.03. The number of piperidine rings is 1. The lowest BCUT2D eigenvalue weighted by Gasteiger charge is -2.38. The zero-order valence-electron chi connectivity index (χ0n) is 11.7. The summed E-state index contributed by atoms with van der Waals surface area (Å²) in [7, 11) is 0. The molecule has 1 saturated heterocycles. The van der Waals surface area contributed by atoms with Crippen LogP contribution in [0.4, 0.5) is 0 Å². The molecule has 2 heterocycles. The van der Waals surface area contributed by atoms with Crippen molar-refractivity contribution in [3.63, 3.8) is 0 Å². The smallest absolute Gasteiger partial charge is 0.275 e. The van der Waals surface area contributed by atoms with E-state index in [1.54, 1.807) is 0 Å². The number of nitrogen functional groups attached to an aromatic ring is 1. The van der Waals surface area contributed by atoms with Crippen LogP contribution in [0, 0.1) is 5.41 Å². The van der Waals surface area contributed by atoms with Gasteiger partial charge in [-0.2, -0.15) is 0 Å². The van der Waals surface area contributed by atoms with Gasteiger partial charge in [-0.25, -0.2) is 5.84 Å². The summed E-state index contributed by atoms with van der Waals surface area (Å²) in [5.41, 5.74) is 3.81. The lowest BCUT2D eigenvalue weighted by atomic mass is 9.78. The van der Waals surface area contributed by atoms with E-state index in [2.05, 4.69) is 24.2 Å². The number of hydrazine groups is 1. The maximum absolute atomic E-state index is 11.6. The van der Waals surface area contributed by atoms with Crippen molar-refractivity contribution < 1.29 is 4.79 Å². The second-order valence-electron chi connectivity index (χ2n) is 5.69. The summed E-state index contributed by atoms with van der Waals surface area (Å²) >= 11 is 1.46. The van der Waals surface area contributed by atoms with Crippen LogP contribution in [0.3, 0.4) is 0 Å². The van der Waals surface area contributed by atoms with Gasteiger partial charge < -0.3 is 0 Å². The molecule has 0 bridgehead atoms. The molecule has 106 valence electrons. The van der Waals surface area contributed by atoms with E-state index in [0.717, 1.165) is 30.1 Å². The molecule has 3 N–H and O–H groups in total. The number of carbonyl (C=O) groups is 1. The fourth-order valence-corrected chi connectivity index (χ4v) is 3.39. The molecule has 1 aliphatic rings. The van der Waals surface area contributed by atoms with Crippen LogP contribution in [-0.4, -0.2) is 23.9 Å². The summed E-state index contributed by atoms with van der Waals surface area (Å²) in [6, 6.07) is 2.03. The molecule has 5 heteroatoms. The summed E-state index contributed by atoms with van der Waals surface area (Å²) in [6.45, 7) is 7.74. The molecule has 0 aromatic carbocycles. The number of likely N-dealkylation sites (tertiary alicyclic amines) is 1. The minimum Gasteiger partial charge on any atom is -0.299 e. The zero-order chi connectivity index (χ0) is 13.9. The number of amides is 1. The number of hydrogen-bond donors (Lipinski definition) is 2. The Morgan fingerprint density at radius 2 is 2.21 bits per heavy atom. The fraction of sp³-hybridized carbons (Fsp3) is 0.643. The molecule has 2 rings (SSSR count). The van der Waals surface area contributed by atoms with Crippen LogP contribution < -0.4 is 11.3 Å². The van der Waals surface area contributed by atoms with Crippen LogP contribution in [0.2, 0.25) is 0 Å². The van der Waals surface area contributed by atoms with E-state index in [4.69, 9.17) is 5.84 Å². The highest BCUT2D eigenvalue weighted by atomic mass is 32.1. The van der Waals surface area contributed by atoms with Crippen molar-refractivity contribution in [1.82, 2.24) is 10.3 Å². The van der Waals surface area contributed by atoms with Crippen LogP contribution in [0.15, 0.2) is 11.4 Å². The third-order valence-corrected chi connectivity index (χ3v) is 5.35. The van der Waals surface area contributed by atoms with Gasteiger partial charge in [0.15, 0.2) is 0 Å². The molecule has 0 unspecified atom stereocenters. The first-order chi connectivity index (χ1) is 9.08. The Morgan fingerprint density at radius 1 is 1.53 bits per heavy atom. The van der Waals surface area contributed by atoms with Gasteiger partial charge in [0.25, 0.3) is 5.91 Å². The van der Waals surface area contributed by atoms with Crippen LogP contribution in [0.5, 0.6) is 0 Å². The standard InChI is InChI=1S/C14H23N3OS/c1-3-14(2)5-7-17(8-6-14)10-11-4-9-19-12(11)13(18)16-15/h4,9H,3,5-8,10,15H2,1-2H3,(H,16,18). The Balaban J connectivity index is 1.96. The lowest BCUT2D eigenvalue weighted by Crippen LogP contribution is -2.38. The van der Waals surface area contributed by atoms with E-state index in [9.17, 15) is 4.79 Å². The van der Waals surface area contributed by atoms with E-state index in [0.29, 0.717) is 5.41 Å². The maximum Gasteiger partial charge on any atom is 0.275 e. The van der Waals surface area contributed by atoms with E-state index in [1.165, 1.54) is 30.6 Å². The molecule has 0 atom stereocenters. The third-order valence-electron chi connectivity index (χ3n) is 4.39. The van der Waals surface area contributed by atoms with Gasteiger partial charge in [0, 0.05) is 6.54 Å². The maximum atomic E-state index is 11.6. The van der Waals surface area contributed by atoms with Gasteiger partial charge in [-0.3, -0.25) is 15.1 Å². The number of thiophene rings is 1.